The number of ether oxygens (including phenoxy) is 1. The maximum atomic E-state index is 5.22. The summed E-state index contributed by atoms with van der Waals surface area (Å²) in [5.41, 5.74) is 1.33. The molecule has 18 heavy (non-hydrogen) atoms. The molecule has 0 aliphatic carbocycles. The SMILES string of the molecule is COc1cccc(CCNCC(C)CC(C)C)c1. The smallest absolute Gasteiger partial charge is 0.119 e. The first-order valence-electron chi connectivity index (χ1n) is 6.95. The molecule has 1 aromatic rings. The highest BCUT2D eigenvalue weighted by atomic mass is 16.5. The second-order valence-corrected chi connectivity index (χ2v) is 5.54. The van der Waals surface area contributed by atoms with Crippen LogP contribution in [0.3, 0.4) is 0 Å². The van der Waals surface area contributed by atoms with Gasteiger partial charge in [-0.25, -0.2) is 0 Å². The third-order valence-corrected chi connectivity index (χ3v) is 3.09. The van der Waals surface area contributed by atoms with E-state index < -0.39 is 0 Å². The number of hydrogen-bond acceptors (Lipinski definition) is 2. The first-order chi connectivity index (χ1) is 8.61. The Balaban J connectivity index is 2.21. The van der Waals surface area contributed by atoms with E-state index >= 15 is 0 Å². The molecule has 0 saturated carbocycles. The van der Waals surface area contributed by atoms with Crippen LogP contribution in [-0.4, -0.2) is 20.2 Å². The van der Waals surface area contributed by atoms with Crippen molar-refractivity contribution in [2.45, 2.75) is 33.6 Å². The molecule has 2 heteroatoms. The van der Waals surface area contributed by atoms with Gasteiger partial charge in [-0.3, -0.25) is 0 Å². The molecule has 0 bridgehead atoms. The van der Waals surface area contributed by atoms with E-state index in [2.05, 4.69) is 44.3 Å². The zero-order chi connectivity index (χ0) is 13.4. The highest BCUT2D eigenvalue weighted by molar-refractivity contribution is 5.28. The van der Waals surface area contributed by atoms with Crippen molar-refractivity contribution in [3.05, 3.63) is 29.8 Å². The van der Waals surface area contributed by atoms with Crippen molar-refractivity contribution >= 4 is 0 Å². The first kappa shape index (κ1) is 15.0. The molecule has 0 aliphatic heterocycles. The molecule has 1 rings (SSSR count). The van der Waals surface area contributed by atoms with Gasteiger partial charge < -0.3 is 10.1 Å². The quantitative estimate of drug-likeness (QED) is 0.712. The van der Waals surface area contributed by atoms with Crippen LogP contribution in [0.5, 0.6) is 5.75 Å². The molecule has 0 amide bonds. The van der Waals surface area contributed by atoms with Crippen molar-refractivity contribution < 1.29 is 4.74 Å². The summed E-state index contributed by atoms with van der Waals surface area (Å²) in [5, 5.41) is 3.54. The van der Waals surface area contributed by atoms with Crippen molar-refractivity contribution in [2.75, 3.05) is 20.2 Å². The molecule has 2 nitrogen and oxygen atoms in total. The summed E-state index contributed by atoms with van der Waals surface area (Å²) in [6, 6.07) is 8.30. The lowest BCUT2D eigenvalue weighted by Crippen LogP contribution is -2.24. The molecule has 0 saturated heterocycles. The van der Waals surface area contributed by atoms with Gasteiger partial charge in [0.15, 0.2) is 0 Å². The summed E-state index contributed by atoms with van der Waals surface area (Å²) >= 11 is 0. The predicted molar refractivity (Wildman–Crippen MR) is 78.2 cm³/mol. The van der Waals surface area contributed by atoms with Gasteiger partial charge >= 0.3 is 0 Å². The van der Waals surface area contributed by atoms with Gasteiger partial charge in [0.2, 0.25) is 0 Å². The Morgan fingerprint density at radius 3 is 2.67 bits per heavy atom. The van der Waals surface area contributed by atoms with Crippen LogP contribution in [0.1, 0.15) is 32.8 Å². The Hall–Kier alpha value is -1.02. The summed E-state index contributed by atoms with van der Waals surface area (Å²) < 4.78 is 5.22. The van der Waals surface area contributed by atoms with Crippen LogP contribution in [0.25, 0.3) is 0 Å². The van der Waals surface area contributed by atoms with E-state index in [4.69, 9.17) is 4.74 Å². The lowest BCUT2D eigenvalue weighted by Gasteiger charge is -2.14. The Morgan fingerprint density at radius 2 is 2.00 bits per heavy atom. The normalized spacial score (nSPS) is 12.7. The number of rotatable bonds is 8. The third kappa shape index (κ3) is 6.06. The summed E-state index contributed by atoms with van der Waals surface area (Å²) in [6.07, 6.45) is 2.36. The van der Waals surface area contributed by atoms with Crippen LogP contribution in [-0.2, 0) is 6.42 Å². The highest BCUT2D eigenvalue weighted by Crippen LogP contribution is 2.13. The number of hydrogen-bond donors (Lipinski definition) is 1. The zero-order valence-corrected chi connectivity index (χ0v) is 12.2. The molecular formula is C16H27NO. The lowest BCUT2D eigenvalue weighted by atomic mass is 9.99. The van der Waals surface area contributed by atoms with Gasteiger partial charge in [0.05, 0.1) is 7.11 Å². The van der Waals surface area contributed by atoms with Crippen LogP contribution in [0.15, 0.2) is 24.3 Å². The van der Waals surface area contributed by atoms with Crippen LogP contribution in [0.4, 0.5) is 0 Å². The molecule has 0 spiro atoms. The first-order valence-corrected chi connectivity index (χ1v) is 6.95. The fourth-order valence-electron chi connectivity index (χ4n) is 2.30. The van der Waals surface area contributed by atoms with Crippen molar-refractivity contribution in [1.82, 2.24) is 5.32 Å². The average molecular weight is 249 g/mol. The van der Waals surface area contributed by atoms with Crippen molar-refractivity contribution in [3.8, 4) is 5.75 Å². The molecule has 0 aliphatic rings. The summed E-state index contributed by atoms with van der Waals surface area (Å²) in [6.45, 7) is 9.04. The maximum Gasteiger partial charge on any atom is 0.119 e. The summed E-state index contributed by atoms with van der Waals surface area (Å²) in [7, 11) is 1.71. The van der Waals surface area contributed by atoms with Crippen molar-refractivity contribution in [2.24, 2.45) is 11.8 Å². The van der Waals surface area contributed by atoms with E-state index in [0.29, 0.717) is 0 Å². The van der Waals surface area contributed by atoms with E-state index in [-0.39, 0.29) is 0 Å². The van der Waals surface area contributed by atoms with Crippen LogP contribution in [0, 0.1) is 11.8 Å². The summed E-state index contributed by atoms with van der Waals surface area (Å²) in [5.74, 6) is 2.50. The molecule has 1 unspecified atom stereocenters. The average Bonchev–Trinajstić information content (AvgIpc) is 2.34. The molecule has 1 N–H and O–H groups in total. The van der Waals surface area contributed by atoms with E-state index in [1.807, 2.05) is 6.07 Å². The largest absolute Gasteiger partial charge is 0.497 e. The number of nitrogens with one attached hydrogen (secondary N) is 1. The van der Waals surface area contributed by atoms with Crippen LogP contribution < -0.4 is 10.1 Å². The Bertz CT molecular complexity index is 336. The highest BCUT2D eigenvalue weighted by Gasteiger charge is 2.04. The van der Waals surface area contributed by atoms with E-state index in [1.165, 1.54) is 12.0 Å². The molecule has 0 fully saturated rings. The minimum atomic E-state index is 0.760. The fraction of sp³-hybridized carbons (Fsp3) is 0.625. The van der Waals surface area contributed by atoms with Gasteiger partial charge in [-0.15, -0.1) is 0 Å². The fourth-order valence-corrected chi connectivity index (χ4v) is 2.30. The number of methoxy groups -OCH3 is 1. The van der Waals surface area contributed by atoms with Gasteiger partial charge in [-0.2, -0.15) is 0 Å². The molecule has 1 atom stereocenters. The van der Waals surface area contributed by atoms with Gasteiger partial charge in [0.1, 0.15) is 5.75 Å². The Morgan fingerprint density at radius 1 is 1.22 bits per heavy atom. The molecule has 102 valence electrons. The maximum absolute atomic E-state index is 5.22. The van der Waals surface area contributed by atoms with Gasteiger partial charge in [-0.1, -0.05) is 32.9 Å². The number of benzene rings is 1. The standard InChI is InChI=1S/C16H27NO/c1-13(2)10-14(3)12-17-9-8-15-6-5-7-16(11-15)18-4/h5-7,11,13-14,17H,8-10,12H2,1-4H3. The monoisotopic (exact) mass is 249 g/mol. The van der Waals surface area contributed by atoms with Crippen molar-refractivity contribution in [3.63, 3.8) is 0 Å². The van der Waals surface area contributed by atoms with Crippen LogP contribution in [0.2, 0.25) is 0 Å². The minimum Gasteiger partial charge on any atom is -0.497 e. The van der Waals surface area contributed by atoms with E-state index in [9.17, 15) is 0 Å². The zero-order valence-electron chi connectivity index (χ0n) is 12.2. The van der Waals surface area contributed by atoms with Gasteiger partial charge in [-0.05, 0) is 55.5 Å². The topological polar surface area (TPSA) is 21.3 Å². The molecule has 0 aromatic heterocycles. The predicted octanol–water partition coefficient (Wildman–Crippen LogP) is 3.51. The Kier molecular flexibility index (Phi) is 6.81. The molecular weight excluding hydrogens is 222 g/mol. The Labute approximate surface area is 112 Å². The van der Waals surface area contributed by atoms with E-state index in [0.717, 1.165) is 37.1 Å². The molecule has 0 heterocycles. The lowest BCUT2D eigenvalue weighted by molar-refractivity contribution is 0.412. The molecule has 0 radical (unpaired) electrons. The second kappa shape index (κ2) is 8.15. The molecule has 1 aromatic carbocycles. The summed E-state index contributed by atoms with van der Waals surface area (Å²) in [4.78, 5) is 0. The van der Waals surface area contributed by atoms with Crippen molar-refractivity contribution in [1.29, 1.82) is 0 Å². The second-order valence-electron chi connectivity index (χ2n) is 5.54. The third-order valence-electron chi connectivity index (χ3n) is 3.09. The van der Waals surface area contributed by atoms with Gasteiger partial charge in [0, 0.05) is 0 Å². The van der Waals surface area contributed by atoms with Crippen LogP contribution >= 0.6 is 0 Å². The van der Waals surface area contributed by atoms with Gasteiger partial charge in [0.25, 0.3) is 0 Å². The minimum absolute atomic E-state index is 0.760. The van der Waals surface area contributed by atoms with E-state index in [1.54, 1.807) is 7.11 Å².